The Balaban J connectivity index is 2.20. The van der Waals surface area contributed by atoms with Crippen LogP contribution in [-0.4, -0.2) is 21.8 Å². The van der Waals surface area contributed by atoms with Crippen molar-refractivity contribution in [2.75, 3.05) is 6.61 Å². The summed E-state index contributed by atoms with van der Waals surface area (Å²) in [4.78, 5) is 4.65. The van der Waals surface area contributed by atoms with Crippen LogP contribution in [0.15, 0.2) is 24.3 Å². The molecule has 0 unspecified atom stereocenters. The summed E-state index contributed by atoms with van der Waals surface area (Å²) in [6, 6.07) is 8.28. The maximum atomic E-state index is 5.80. The minimum atomic E-state index is -0.0806. The van der Waals surface area contributed by atoms with Gasteiger partial charge in [-0.05, 0) is 32.9 Å². The molecule has 0 spiro atoms. The van der Waals surface area contributed by atoms with Crippen molar-refractivity contribution in [1.82, 2.24) is 9.55 Å². The lowest BCUT2D eigenvalue weighted by Gasteiger charge is -2.20. The van der Waals surface area contributed by atoms with E-state index in [-0.39, 0.29) is 5.60 Å². The maximum Gasteiger partial charge on any atom is 0.109 e. The third kappa shape index (κ3) is 2.91. The third-order valence-electron chi connectivity index (χ3n) is 2.90. The van der Waals surface area contributed by atoms with Crippen molar-refractivity contribution < 1.29 is 4.74 Å². The molecule has 0 N–H and O–H groups in total. The lowest BCUT2D eigenvalue weighted by atomic mass is 10.2. The van der Waals surface area contributed by atoms with Gasteiger partial charge in [0, 0.05) is 13.0 Å². The molecule has 0 aliphatic heterocycles. The molecule has 2 rings (SSSR count). The molecule has 0 atom stereocenters. The quantitative estimate of drug-likeness (QED) is 0.826. The molecule has 0 amide bonds. The van der Waals surface area contributed by atoms with Crippen molar-refractivity contribution in [1.29, 1.82) is 0 Å². The lowest BCUT2D eigenvalue weighted by Crippen LogP contribution is -2.22. The van der Waals surface area contributed by atoms with Gasteiger partial charge in [-0.15, -0.1) is 0 Å². The first kappa shape index (κ1) is 13.1. The number of aryl methyl sites for hydroxylation is 1. The van der Waals surface area contributed by atoms with Crippen LogP contribution < -0.4 is 0 Å². The van der Waals surface area contributed by atoms with E-state index >= 15 is 0 Å². The highest BCUT2D eigenvalue weighted by Gasteiger charge is 2.12. The van der Waals surface area contributed by atoms with Crippen molar-refractivity contribution in [3.05, 3.63) is 30.1 Å². The second-order valence-corrected chi connectivity index (χ2v) is 5.48. The van der Waals surface area contributed by atoms with E-state index in [1.807, 2.05) is 6.07 Å². The number of imidazole rings is 1. The molecule has 0 saturated carbocycles. The summed E-state index contributed by atoms with van der Waals surface area (Å²) in [6.07, 6.45) is 0.949. The van der Waals surface area contributed by atoms with Crippen molar-refractivity contribution in [3.63, 3.8) is 0 Å². The Morgan fingerprint density at radius 1 is 1.22 bits per heavy atom. The molecule has 0 aliphatic rings. The average molecular weight is 246 g/mol. The summed E-state index contributed by atoms with van der Waals surface area (Å²) in [5.74, 6) is 1.13. The average Bonchev–Trinajstić information content (AvgIpc) is 2.66. The van der Waals surface area contributed by atoms with E-state index in [0.29, 0.717) is 0 Å². The highest BCUT2D eigenvalue weighted by atomic mass is 16.5. The topological polar surface area (TPSA) is 27.1 Å². The van der Waals surface area contributed by atoms with E-state index in [2.05, 4.69) is 55.4 Å². The zero-order valence-electron chi connectivity index (χ0n) is 11.7. The molecule has 3 nitrogen and oxygen atoms in total. The zero-order chi connectivity index (χ0) is 13.2. The van der Waals surface area contributed by atoms with Crippen molar-refractivity contribution in [2.24, 2.45) is 0 Å². The molecule has 0 saturated heterocycles. The van der Waals surface area contributed by atoms with Crippen LogP contribution in [0.3, 0.4) is 0 Å². The first-order chi connectivity index (χ1) is 8.51. The molecule has 0 radical (unpaired) electrons. The summed E-state index contributed by atoms with van der Waals surface area (Å²) < 4.78 is 8.07. The Hall–Kier alpha value is -1.35. The molecule has 1 aromatic heterocycles. The summed E-state index contributed by atoms with van der Waals surface area (Å²) in [7, 11) is 0. The van der Waals surface area contributed by atoms with E-state index < -0.39 is 0 Å². The number of rotatable bonds is 4. The first-order valence-corrected chi connectivity index (χ1v) is 6.59. The SMILES string of the molecule is CCc1nc2ccccc2n1CCOC(C)(C)C. The van der Waals surface area contributed by atoms with E-state index in [0.717, 1.165) is 30.9 Å². The Morgan fingerprint density at radius 2 is 1.94 bits per heavy atom. The van der Waals surface area contributed by atoms with Crippen LogP contribution in [0.25, 0.3) is 11.0 Å². The van der Waals surface area contributed by atoms with Gasteiger partial charge in [0.25, 0.3) is 0 Å². The van der Waals surface area contributed by atoms with Crippen molar-refractivity contribution >= 4 is 11.0 Å². The van der Waals surface area contributed by atoms with Gasteiger partial charge in [0.05, 0.1) is 23.2 Å². The normalized spacial score (nSPS) is 12.2. The second kappa shape index (κ2) is 5.11. The zero-order valence-corrected chi connectivity index (χ0v) is 11.7. The van der Waals surface area contributed by atoms with E-state index in [1.54, 1.807) is 0 Å². The smallest absolute Gasteiger partial charge is 0.109 e. The van der Waals surface area contributed by atoms with Gasteiger partial charge < -0.3 is 9.30 Å². The number of benzene rings is 1. The van der Waals surface area contributed by atoms with Crippen molar-refractivity contribution in [2.45, 2.75) is 46.3 Å². The fourth-order valence-electron chi connectivity index (χ4n) is 2.09. The standard InChI is InChI=1S/C15H22N2O/c1-5-14-16-12-8-6-7-9-13(12)17(14)10-11-18-15(2,3)4/h6-9H,5,10-11H2,1-4H3. The fraction of sp³-hybridized carbons (Fsp3) is 0.533. The molecule has 1 heterocycles. The maximum absolute atomic E-state index is 5.80. The molecular formula is C15H22N2O. The van der Waals surface area contributed by atoms with Crippen LogP contribution in [0.1, 0.15) is 33.5 Å². The number of hydrogen-bond acceptors (Lipinski definition) is 2. The van der Waals surface area contributed by atoms with Crippen LogP contribution in [0, 0.1) is 0 Å². The largest absolute Gasteiger partial charge is 0.374 e. The second-order valence-electron chi connectivity index (χ2n) is 5.48. The molecule has 2 aromatic rings. The van der Waals surface area contributed by atoms with Crippen LogP contribution in [0.4, 0.5) is 0 Å². The summed E-state index contributed by atoms with van der Waals surface area (Å²) in [6.45, 7) is 9.97. The summed E-state index contributed by atoms with van der Waals surface area (Å²) in [5, 5.41) is 0. The molecule has 3 heteroatoms. The molecule has 0 bridgehead atoms. The Morgan fingerprint density at radius 3 is 2.61 bits per heavy atom. The number of hydrogen-bond donors (Lipinski definition) is 0. The van der Waals surface area contributed by atoms with Crippen LogP contribution in [0.2, 0.25) is 0 Å². The Bertz CT molecular complexity index is 523. The fourth-order valence-corrected chi connectivity index (χ4v) is 2.09. The number of para-hydroxylation sites is 2. The van der Waals surface area contributed by atoms with Crippen LogP contribution in [-0.2, 0) is 17.7 Å². The predicted molar refractivity (Wildman–Crippen MR) is 74.8 cm³/mol. The minimum absolute atomic E-state index is 0.0806. The van der Waals surface area contributed by atoms with Crippen LogP contribution in [0.5, 0.6) is 0 Å². The highest BCUT2D eigenvalue weighted by Crippen LogP contribution is 2.17. The summed E-state index contributed by atoms with van der Waals surface area (Å²) in [5.41, 5.74) is 2.19. The van der Waals surface area contributed by atoms with Gasteiger partial charge in [0.2, 0.25) is 0 Å². The van der Waals surface area contributed by atoms with Gasteiger partial charge in [-0.2, -0.15) is 0 Å². The third-order valence-corrected chi connectivity index (χ3v) is 2.90. The number of aromatic nitrogens is 2. The Labute approximate surface area is 109 Å². The number of ether oxygens (including phenoxy) is 1. The molecule has 0 fully saturated rings. The lowest BCUT2D eigenvalue weighted by molar-refractivity contribution is -0.00671. The van der Waals surface area contributed by atoms with Crippen LogP contribution >= 0.6 is 0 Å². The monoisotopic (exact) mass is 246 g/mol. The van der Waals surface area contributed by atoms with E-state index in [9.17, 15) is 0 Å². The predicted octanol–water partition coefficient (Wildman–Crippen LogP) is 3.41. The van der Waals surface area contributed by atoms with E-state index in [4.69, 9.17) is 4.74 Å². The van der Waals surface area contributed by atoms with Gasteiger partial charge in [0.1, 0.15) is 5.82 Å². The Kier molecular flexibility index (Phi) is 3.71. The van der Waals surface area contributed by atoms with Crippen molar-refractivity contribution in [3.8, 4) is 0 Å². The minimum Gasteiger partial charge on any atom is -0.374 e. The van der Waals surface area contributed by atoms with Gasteiger partial charge in [0.15, 0.2) is 0 Å². The van der Waals surface area contributed by atoms with Gasteiger partial charge in [-0.25, -0.2) is 4.98 Å². The molecule has 1 aromatic carbocycles. The highest BCUT2D eigenvalue weighted by molar-refractivity contribution is 5.75. The number of fused-ring (bicyclic) bond motifs is 1. The van der Waals surface area contributed by atoms with Gasteiger partial charge >= 0.3 is 0 Å². The first-order valence-electron chi connectivity index (χ1n) is 6.59. The molecular weight excluding hydrogens is 224 g/mol. The summed E-state index contributed by atoms with van der Waals surface area (Å²) >= 11 is 0. The van der Waals surface area contributed by atoms with E-state index in [1.165, 1.54) is 5.52 Å². The van der Waals surface area contributed by atoms with Gasteiger partial charge in [-0.3, -0.25) is 0 Å². The molecule has 18 heavy (non-hydrogen) atoms. The number of nitrogens with zero attached hydrogens (tertiary/aromatic N) is 2. The molecule has 0 aliphatic carbocycles. The van der Waals surface area contributed by atoms with Gasteiger partial charge in [-0.1, -0.05) is 19.1 Å². The molecule has 98 valence electrons.